The first-order valence-corrected chi connectivity index (χ1v) is 11.0. The highest BCUT2D eigenvalue weighted by Crippen LogP contribution is 2.30. The zero-order valence-corrected chi connectivity index (χ0v) is 17.5. The second-order valence-corrected chi connectivity index (χ2v) is 7.63. The van der Waals surface area contributed by atoms with E-state index in [0.29, 0.717) is 25.7 Å². The molecular formula is C22H25N5O2S. The number of rotatable bonds is 9. The Morgan fingerprint density at radius 1 is 1.10 bits per heavy atom. The van der Waals surface area contributed by atoms with E-state index in [9.17, 15) is 0 Å². The molecule has 0 radical (unpaired) electrons. The normalized spacial score (nSPS) is 13.4. The summed E-state index contributed by atoms with van der Waals surface area (Å²) in [4.78, 5) is 13.5. The van der Waals surface area contributed by atoms with Crippen LogP contribution in [0.1, 0.15) is 18.4 Å². The number of guanidine groups is 1. The van der Waals surface area contributed by atoms with Crippen LogP contribution in [-0.4, -0.2) is 42.2 Å². The number of nitrogens with one attached hydrogen (secondary N) is 2. The van der Waals surface area contributed by atoms with Crippen LogP contribution in [0.4, 0.5) is 5.13 Å². The van der Waals surface area contributed by atoms with Crippen molar-refractivity contribution >= 4 is 22.4 Å². The summed E-state index contributed by atoms with van der Waals surface area (Å²) in [6.45, 7) is 3.55. The van der Waals surface area contributed by atoms with Crippen molar-refractivity contribution in [2.24, 2.45) is 4.99 Å². The average Bonchev–Trinajstić information content (AvgIpc) is 3.26. The van der Waals surface area contributed by atoms with Gasteiger partial charge < -0.3 is 20.1 Å². The third-order valence-corrected chi connectivity index (χ3v) is 5.21. The Balaban J connectivity index is 1.28. The first-order valence-electron chi connectivity index (χ1n) is 10.1. The number of aromatic nitrogens is 2. The molecule has 0 saturated carbocycles. The molecule has 0 amide bonds. The lowest BCUT2D eigenvalue weighted by molar-refractivity contribution is 0.106. The minimum atomic E-state index is 0.536. The SMILES string of the molecule is c1ccc(COCCCOc2ncccc2-c2csc(NC3=NCCCN3)n2)cc1. The van der Waals surface area contributed by atoms with Gasteiger partial charge in [-0.25, -0.2) is 9.97 Å². The van der Waals surface area contributed by atoms with Gasteiger partial charge in [-0.1, -0.05) is 30.3 Å². The molecule has 0 aliphatic carbocycles. The number of thiazole rings is 1. The minimum Gasteiger partial charge on any atom is -0.477 e. The maximum atomic E-state index is 5.92. The fourth-order valence-corrected chi connectivity index (χ4v) is 3.68. The molecule has 7 nitrogen and oxygen atoms in total. The van der Waals surface area contributed by atoms with Gasteiger partial charge in [0.05, 0.1) is 31.1 Å². The molecule has 30 heavy (non-hydrogen) atoms. The molecule has 0 atom stereocenters. The van der Waals surface area contributed by atoms with E-state index in [1.54, 1.807) is 6.20 Å². The number of anilines is 1. The van der Waals surface area contributed by atoms with Crippen LogP contribution in [0.3, 0.4) is 0 Å². The summed E-state index contributed by atoms with van der Waals surface area (Å²) < 4.78 is 11.6. The van der Waals surface area contributed by atoms with Crippen molar-refractivity contribution in [3.05, 3.63) is 59.6 Å². The number of aliphatic imine (C=N–C) groups is 1. The van der Waals surface area contributed by atoms with Gasteiger partial charge in [0.1, 0.15) is 0 Å². The molecule has 3 heterocycles. The van der Waals surface area contributed by atoms with Gasteiger partial charge in [0, 0.05) is 31.1 Å². The Hall–Kier alpha value is -2.97. The van der Waals surface area contributed by atoms with E-state index in [2.05, 4.69) is 37.7 Å². The quantitative estimate of drug-likeness (QED) is 0.507. The molecule has 3 aromatic rings. The topological polar surface area (TPSA) is 80.7 Å². The number of ether oxygens (including phenoxy) is 2. The lowest BCUT2D eigenvalue weighted by atomic mass is 10.2. The summed E-state index contributed by atoms with van der Waals surface area (Å²) in [5.41, 5.74) is 2.89. The van der Waals surface area contributed by atoms with Gasteiger partial charge >= 0.3 is 0 Å². The maximum Gasteiger partial charge on any atom is 0.222 e. The summed E-state index contributed by atoms with van der Waals surface area (Å²) in [5.74, 6) is 1.37. The molecular weight excluding hydrogens is 398 g/mol. The van der Waals surface area contributed by atoms with E-state index in [4.69, 9.17) is 9.47 Å². The molecule has 8 heteroatoms. The maximum absolute atomic E-state index is 5.92. The predicted molar refractivity (Wildman–Crippen MR) is 120 cm³/mol. The van der Waals surface area contributed by atoms with Crippen LogP contribution >= 0.6 is 11.3 Å². The van der Waals surface area contributed by atoms with Crippen molar-refractivity contribution in [3.8, 4) is 17.1 Å². The monoisotopic (exact) mass is 423 g/mol. The fourth-order valence-electron chi connectivity index (χ4n) is 2.97. The molecule has 0 spiro atoms. The second kappa shape index (κ2) is 10.7. The van der Waals surface area contributed by atoms with E-state index in [1.165, 1.54) is 16.9 Å². The van der Waals surface area contributed by atoms with Crippen molar-refractivity contribution in [1.82, 2.24) is 15.3 Å². The van der Waals surface area contributed by atoms with Crippen molar-refractivity contribution in [1.29, 1.82) is 0 Å². The molecule has 1 aliphatic heterocycles. The molecule has 2 N–H and O–H groups in total. The standard InChI is InChI=1S/C22H25N5O2S/c1-2-7-17(8-3-1)15-28-13-6-14-29-20-18(9-4-10-23-20)19-16-30-22(26-19)27-21-24-11-5-12-25-21/h1-4,7-10,16H,5-6,11-15H2,(H2,24,25,26,27). The van der Waals surface area contributed by atoms with Crippen LogP contribution < -0.4 is 15.4 Å². The van der Waals surface area contributed by atoms with Crippen LogP contribution in [0.25, 0.3) is 11.3 Å². The summed E-state index contributed by atoms with van der Waals surface area (Å²) in [6.07, 6.45) is 3.58. The van der Waals surface area contributed by atoms with Crippen molar-refractivity contribution < 1.29 is 9.47 Å². The van der Waals surface area contributed by atoms with Gasteiger partial charge in [0.2, 0.25) is 5.88 Å². The predicted octanol–water partition coefficient (Wildman–Crippen LogP) is 3.95. The van der Waals surface area contributed by atoms with Gasteiger partial charge in [-0.2, -0.15) is 0 Å². The molecule has 156 valence electrons. The molecule has 1 aromatic carbocycles. The third kappa shape index (κ3) is 5.77. The van der Waals surface area contributed by atoms with Gasteiger partial charge in [-0.15, -0.1) is 11.3 Å². The Kier molecular flexibility index (Phi) is 7.25. The Morgan fingerprint density at radius 2 is 2.03 bits per heavy atom. The first kappa shape index (κ1) is 20.3. The second-order valence-electron chi connectivity index (χ2n) is 6.77. The third-order valence-electron chi connectivity index (χ3n) is 4.46. The van der Waals surface area contributed by atoms with Gasteiger partial charge in [0.15, 0.2) is 11.1 Å². The molecule has 0 unspecified atom stereocenters. The summed E-state index contributed by atoms with van der Waals surface area (Å²) in [5, 5.41) is 9.27. The van der Waals surface area contributed by atoms with E-state index in [-0.39, 0.29) is 0 Å². The highest BCUT2D eigenvalue weighted by atomic mass is 32.1. The van der Waals surface area contributed by atoms with Crippen molar-refractivity contribution in [3.63, 3.8) is 0 Å². The molecule has 0 saturated heterocycles. The zero-order chi connectivity index (χ0) is 20.4. The molecule has 0 fully saturated rings. The molecule has 1 aliphatic rings. The molecule has 4 rings (SSSR count). The van der Waals surface area contributed by atoms with Crippen LogP contribution in [0.5, 0.6) is 5.88 Å². The number of benzene rings is 1. The van der Waals surface area contributed by atoms with Crippen LogP contribution in [-0.2, 0) is 11.3 Å². The summed E-state index contributed by atoms with van der Waals surface area (Å²) >= 11 is 1.53. The summed E-state index contributed by atoms with van der Waals surface area (Å²) in [6, 6.07) is 14.0. The van der Waals surface area contributed by atoms with Crippen molar-refractivity contribution in [2.75, 3.05) is 31.6 Å². The largest absolute Gasteiger partial charge is 0.477 e. The lowest BCUT2D eigenvalue weighted by Gasteiger charge is -2.14. The highest BCUT2D eigenvalue weighted by Gasteiger charge is 2.13. The van der Waals surface area contributed by atoms with Crippen LogP contribution in [0.15, 0.2) is 59.0 Å². The molecule has 0 bridgehead atoms. The lowest BCUT2D eigenvalue weighted by Crippen LogP contribution is -2.35. The smallest absolute Gasteiger partial charge is 0.222 e. The first-order chi connectivity index (χ1) is 14.9. The van der Waals surface area contributed by atoms with E-state index < -0.39 is 0 Å². The number of hydrogen-bond acceptors (Lipinski definition) is 8. The fraction of sp³-hybridized carbons (Fsp3) is 0.318. The summed E-state index contributed by atoms with van der Waals surface area (Å²) in [7, 11) is 0. The van der Waals surface area contributed by atoms with E-state index >= 15 is 0 Å². The van der Waals surface area contributed by atoms with Crippen molar-refractivity contribution in [2.45, 2.75) is 19.4 Å². The number of hydrogen-bond donors (Lipinski definition) is 2. The van der Waals surface area contributed by atoms with Crippen LogP contribution in [0, 0.1) is 0 Å². The zero-order valence-electron chi connectivity index (χ0n) is 16.7. The highest BCUT2D eigenvalue weighted by molar-refractivity contribution is 7.14. The minimum absolute atomic E-state index is 0.536. The average molecular weight is 424 g/mol. The van der Waals surface area contributed by atoms with E-state index in [0.717, 1.165) is 48.3 Å². The Morgan fingerprint density at radius 3 is 2.90 bits per heavy atom. The Bertz CT molecular complexity index is 961. The number of nitrogens with zero attached hydrogens (tertiary/aromatic N) is 3. The van der Waals surface area contributed by atoms with Gasteiger partial charge in [0.25, 0.3) is 0 Å². The Labute approximate surface area is 180 Å². The van der Waals surface area contributed by atoms with E-state index in [1.807, 2.05) is 35.7 Å². The number of pyridine rings is 1. The molecule has 2 aromatic heterocycles. The van der Waals surface area contributed by atoms with Crippen LogP contribution in [0.2, 0.25) is 0 Å². The van der Waals surface area contributed by atoms with Gasteiger partial charge in [-0.3, -0.25) is 4.99 Å². The van der Waals surface area contributed by atoms with Gasteiger partial charge in [-0.05, 0) is 24.1 Å².